The van der Waals surface area contributed by atoms with Crippen molar-refractivity contribution in [2.24, 2.45) is 0 Å². The number of amides is 2. The van der Waals surface area contributed by atoms with E-state index in [1.165, 1.54) is 6.07 Å². The monoisotopic (exact) mass is 305 g/mol. The molecule has 0 radical (unpaired) electrons. The number of nitrogens with zero attached hydrogens (tertiary/aromatic N) is 1. The number of carbonyl (C=O) groups is 2. The van der Waals surface area contributed by atoms with E-state index in [9.17, 15) is 14.0 Å². The van der Waals surface area contributed by atoms with Crippen molar-refractivity contribution in [2.75, 3.05) is 25.5 Å². The van der Waals surface area contributed by atoms with E-state index in [0.717, 1.165) is 31.5 Å². The second-order valence-corrected chi connectivity index (χ2v) is 5.93. The number of aryl methyl sites for hydroxylation is 1. The lowest BCUT2D eigenvalue weighted by atomic mass is 9.98. The third-order valence-electron chi connectivity index (χ3n) is 4.50. The van der Waals surface area contributed by atoms with Gasteiger partial charge in [-0.1, -0.05) is 0 Å². The smallest absolute Gasteiger partial charge is 0.256 e. The summed E-state index contributed by atoms with van der Waals surface area (Å²) in [6.45, 7) is 1.75. The number of anilines is 1. The first kappa shape index (κ1) is 15.0. The van der Waals surface area contributed by atoms with Crippen LogP contribution in [0.3, 0.4) is 0 Å². The first-order valence-electron chi connectivity index (χ1n) is 7.66. The third kappa shape index (κ3) is 2.83. The Bertz CT molecular complexity index is 612. The maximum Gasteiger partial charge on any atom is 0.256 e. The van der Waals surface area contributed by atoms with Crippen LogP contribution in [-0.4, -0.2) is 42.9 Å². The highest BCUT2D eigenvalue weighted by atomic mass is 19.1. The minimum absolute atomic E-state index is 0.0935. The zero-order chi connectivity index (χ0) is 15.7. The van der Waals surface area contributed by atoms with Gasteiger partial charge in [-0.25, -0.2) is 4.39 Å². The van der Waals surface area contributed by atoms with Crippen molar-refractivity contribution in [3.63, 3.8) is 0 Å². The summed E-state index contributed by atoms with van der Waals surface area (Å²) in [6, 6.07) is 2.99. The van der Waals surface area contributed by atoms with Crippen LogP contribution in [0.15, 0.2) is 12.1 Å². The molecule has 1 aromatic carbocycles. The standard InChI is InChI=1S/C16H20FN3O2/c1-20(11-4-6-18-7-5-11)16(22)12-8-10-2-3-15(21)19-14(10)9-13(12)17/h8-9,11,18H,2-7H2,1H3,(H,19,21). The van der Waals surface area contributed by atoms with E-state index in [-0.39, 0.29) is 23.4 Å². The molecule has 0 spiro atoms. The summed E-state index contributed by atoms with van der Waals surface area (Å²) in [5.74, 6) is -0.978. The normalized spacial score (nSPS) is 18.5. The van der Waals surface area contributed by atoms with Gasteiger partial charge in [-0.3, -0.25) is 9.59 Å². The molecule has 6 heteroatoms. The Hall–Kier alpha value is -1.95. The lowest BCUT2D eigenvalue weighted by molar-refractivity contribution is -0.116. The summed E-state index contributed by atoms with van der Waals surface area (Å²) in [7, 11) is 1.74. The molecule has 3 rings (SSSR count). The van der Waals surface area contributed by atoms with Crippen LogP contribution in [0.5, 0.6) is 0 Å². The second kappa shape index (κ2) is 6.04. The van der Waals surface area contributed by atoms with Crippen LogP contribution < -0.4 is 10.6 Å². The van der Waals surface area contributed by atoms with Gasteiger partial charge in [0.25, 0.3) is 5.91 Å². The summed E-state index contributed by atoms with van der Waals surface area (Å²) >= 11 is 0. The molecule has 2 heterocycles. The maximum atomic E-state index is 14.3. The molecule has 2 N–H and O–H groups in total. The lowest BCUT2D eigenvalue weighted by Gasteiger charge is -2.32. The topological polar surface area (TPSA) is 61.4 Å². The average Bonchev–Trinajstić information content (AvgIpc) is 2.53. The molecule has 0 aromatic heterocycles. The largest absolute Gasteiger partial charge is 0.339 e. The van der Waals surface area contributed by atoms with E-state index in [4.69, 9.17) is 0 Å². The number of hydrogen-bond donors (Lipinski definition) is 2. The van der Waals surface area contributed by atoms with E-state index in [2.05, 4.69) is 10.6 Å². The first-order valence-corrected chi connectivity index (χ1v) is 7.66. The molecule has 0 aliphatic carbocycles. The zero-order valence-electron chi connectivity index (χ0n) is 12.6. The van der Waals surface area contributed by atoms with Gasteiger partial charge in [-0.2, -0.15) is 0 Å². The Morgan fingerprint density at radius 2 is 2.00 bits per heavy atom. The molecular formula is C16H20FN3O2. The first-order chi connectivity index (χ1) is 10.6. The summed E-state index contributed by atoms with van der Waals surface area (Å²) in [6.07, 6.45) is 2.67. The number of fused-ring (bicyclic) bond motifs is 1. The van der Waals surface area contributed by atoms with Crippen molar-refractivity contribution >= 4 is 17.5 Å². The molecule has 1 aromatic rings. The van der Waals surface area contributed by atoms with Crippen LogP contribution in [0.4, 0.5) is 10.1 Å². The Balaban J connectivity index is 1.84. The quantitative estimate of drug-likeness (QED) is 0.871. The SMILES string of the molecule is CN(C(=O)c1cc2c(cc1F)NC(=O)CC2)C1CCNCC1. The minimum Gasteiger partial charge on any atom is -0.339 e. The fourth-order valence-electron chi connectivity index (χ4n) is 3.12. The van der Waals surface area contributed by atoms with Crippen LogP contribution in [0.2, 0.25) is 0 Å². The molecule has 1 saturated heterocycles. The minimum atomic E-state index is -0.577. The van der Waals surface area contributed by atoms with Crippen molar-refractivity contribution in [1.82, 2.24) is 10.2 Å². The van der Waals surface area contributed by atoms with Crippen LogP contribution in [-0.2, 0) is 11.2 Å². The summed E-state index contributed by atoms with van der Waals surface area (Å²) in [5.41, 5.74) is 1.40. The van der Waals surface area contributed by atoms with Gasteiger partial charge >= 0.3 is 0 Å². The molecule has 0 atom stereocenters. The fraction of sp³-hybridized carbons (Fsp3) is 0.500. The molecule has 0 unspecified atom stereocenters. The van der Waals surface area contributed by atoms with Crippen LogP contribution in [0, 0.1) is 5.82 Å². The Morgan fingerprint density at radius 3 is 2.73 bits per heavy atom. The van der Waals surface area contributed by atoms with Gasteiger partial charge in [-0.05, 0) is 50.0 Å². The second-order valence-electron chi connectivity index (χ2n) is 5.93. The lowest BCUT2D eigenvalue weighted by Crippen LogP contribution is -2.44. The number of nitrogens with one attached hydrogen (secondary N) is 2. The van der Waals surface area contributed by atoms with Crippen molar-refractivity contribution in [3.8, 4) is 0 Å². The van der Waals surface area contributed by atoms with Crippen molar-refractivity contribution in [2.45, 2.75) is 31.7 Å². The Labute approximate surface area is 128 Å². The maximum absolute atomic E-state index is 14.3. The summed E-state index contributed by atoms with van der Waals surface area (Å²) in [4.78, 5) is 25.6. The number of benzene rings is 1. The number of piperidine rings is 1. The molecule has 0 bridgehead atoms. The molecule has 5 nitrogen and oxygen atoms in total. The van der Waals surface area contributed by atoms with Crippen LogP contribution in [0.1, 0.15) is 35.2 Å². The molecule has 1 fully saturated rings. The fourth-order valence-corrected chi connectivity index (χ4v) is 3.12. The number of carbonyl (C=O) groups excluding carboxylic acids is 2. The Kier molecular flexibility index (Phi) is 4.11. The number of hydrogen-bond acceptors (Lipinski definition) is 3. The highest BCUT2D eigenvalue weighted by molar-refractivity contribution is 5.98. The van der Waals surface area contributed by atoms with Gasteiger partial charge in [0.1, 0.15) is 5.82 Å². The number of halogens is 1. The van der Waals surface area contributed by atoms with Gasteiger partial charge < -0.3 is 15.5 Å². The van der Waals surface area contributed by atoms with Gasteiger partial charge in [0, 0.05) is 25.2 Å². The molecule has 118 valence electrons. The van der Waals surface area contributed by atoms with E-state index >= 15 is 0 Å². The van der Waals surface area contributed by atoms with Crippen molar-refractivity contribution in [1.29, 1.82) is 0 Å². The number of rotatable bonds is 2. The zero-order valence-corrected chi connectivity index (χ0v) is 12.6. The van der Waals surface area contributed by atoms with E-state index in [1.807, 2.05) is 0 Å². The molecule has 2 aliphatic rings. The molecule has 0 saturated carbocycles. The molecule has 2 aliphatic heterocycles. The van der Waals surface area contributed by atoms with E-state index < -0.39 is 5.82 Å². The van der Waals surface area contributed by atoms with Crippen LogP contribution >= 0.6 is 0 Å². The van der Waals surface area contributed by atoms with Gasteiger partial charge in [0.05, 0.1) is 5.56 Å². The van der Waals surface area contributed by atoms with Gasteiger partial charge in [0.15, 0.2) is 0 Å². The van der Waals surface area contributed by atoms with E-state index in [1.54, 1.807) is 18.0 Å². The highest BCUT2D eigenvalue weighted by Crippen LogP contribution is 2.27. The molecule has 22 heavy (non-hydrogen) atoms. The van der Waals surface area contributed by atoms with E-state index in [0.29, 0.717) is 18.5 Å². The average molecular weight is 305 g/mol. The molecular weight excluding hydrogens is 285 g/mol. The summed E-state index contributed by atoms with van der Waals surface area (Å²) < 4.78 is 14.3. The highest BCUT2D eigenvalue weighted by Gasteiger charge is 2.26. The van der Waals surface area contributed by atoms with Crippen molar-refractivity contribution in [3.05, 3.63) is 29.1 Å². The van der Waals surface area contributed by atoms with Gasteiger partial charge in [-0.15, -0.1) is 0 Å². The predicted octanol–water partition coefficient (Wildman–Crippen LogP) is 1.53. The molecule has 2 amide bonds. The third-order valence-corrected chi connectivity index (χ3v) is 4.50. The van der Waals surface area contributed by atoms with Crippen LogP contribution in [0.25, 0.3) is 0 Å². The Morgan fingerprint density at radius 1 is 1.27 bits per heavy atom. The summed E-state index contributed by atoms with van der Waals surface area (Å²) in [5, 5.41) is 5.90. The predicted molar refractivity (Wildman–Crippen MR) is 81.3 cm³/mol. The van der Waals surface area contributed by atoms with Crippen molar-refractivity contribution < 1.29 is 14.0 Å². The van der Waals surface area contributed by atoms with Gasteiger partial charge in [0.2, 0.25) is 5.91 Å².